The van der Waals surface area contributed by atoms with Crippen molar-refractivity contribution in [1.29, 1.82) is 0 Å². The van der Waals surface area contributed by atoms with Crippen molar-refractivity contribution in [2.75, 3.05) is 6.54 Å². The van der Waals surface area contributed by atoms with Gasteiger partial charge in [0.25, 0.3) is 0 Å². The van der Waals surface area contributed by atoms with Crippen LogP contribution in [-0.4, -0.2) is 24.3 Å². The van der Waals surface area contributed by atoms with Crippen LogP contribution in [0.3, 0.4) is 0 Å². The Morgan fingerprint density at radius 1 is 1.20 bits per heavy atom. The molecule has 0 aliphatic rings. The smallest absolute Gasteiger partial charge is 0.243 e. The van der Waals surface area contributed by atoms with Gasteiger partial charge in [0.15, 0.2) is 0 Å². The van der Waals surface area contributed by atoms with Gasteiger partial charge in [0, 0.05) is 30.5 Å². The SMILES string of the molecule is CCN(Cc1ccncc1)S(=O)(=O)c1cccc(Cl)c1. The number of sulfonamides is 1. The first-order valence-corrected chi connectivity index (χ1v) is 8.00. The van der Waals surface area contributed by atoms with Crippen molar-refractivity contribution < 1.29 is 8.42 Å². The van der Waals surface area contributed by atoms with E-state index in [9.17, 15) is 8.42 Å². The fourth-order valence-corrected chi connectivity index (χ4v) is 3.57. The van der Waals surface area contributed by atoms with Gasteiger partial charge in [-0.1, -0.05) is 24.6 Å². The summed E-state index contributed by atoms with van der Waals surface area (Å²) in [5.41, 5.74) is 0.896. The van der Waals surface area contributed by atoms with E-state index in [0.717, 1.165) is 5.56 Å². The number of nitrogens with zero attached hydrogens (tertiary/aromatic N) is 2. The third-order valence-electron chi connectivity index (χ3n) is 2.89. The lowest BCUT2D eigenvalue weighted by Gasteiger charge is -2.20. The van der Waals surface area contributed by atoms with Gasteiger partial charge in [0.1, 0.15) is 0 Å². The molecule has 0 aliphatic heterocycles. The minimum Gasteiger partial charge on any atom is -0.265 e. The van der Waals surface area contributed by atoms with Crippen molar-refractivity contribution in [1.82, 2.24) is 9.29 Å². The highest BCUT2D eigenvalue weighted by atomic mass is 35.5. The van der Waals surface area contributed by atoms with E-state index in [1.165, 1.54) is 10.4 Å². The molecule has 4 nitrogen and oxygen atoms in total. The Hall–Kier alpha value is -1.43. The molecule has 106 valence electrons. The predicted octanol–water partition coefficient (Wildman–Crippen LogP) is 2.95. The maximum Gasteiger partial charge on any atom is 0.243 e. The molecule has 0 amide bonds. The first-order chi connectivity index (χ1) is 9.54. The summed E-state index contributed by atoms with van der Waals surface area (Å²) in [4.78, 5) is 4.13. The van der Waals surface area contributed by atoms with E-state index in [-0.39, 0.29) is 4.90 Å². The molecule has 0 radical (unpaired) electrons. The average molecular weight is 311 g/mol. The van der Waals surface area contributed by atoms with Gasteiger partial charge in [-0.2, -0.15) is 4.31 Å². The number of pyridine rings is 1. The molecular formula is C14H15ClN2O2S. The topological polar surface area (TPSA) is 50.3 Å². The minimum atomic E-state index is -3.54. The van der Waals surface area contributed by atoms with E-state index >= 15 is 0 Å². The summed E-state index contributed by atoms with van der Waals surface area (Å²) in [5, 5.41) is 0.408. The molecule has 0 spiro atoms. The third kappa shape index (κ3) is 3.36. The predicted molar refractivity (Wildman–Crippen MR) is 79.0 cm³/mol. The van der Waals surface area contributed by atoms with E-state index in [0.29, 0.717) is 18.1 Å². The van der Waals surface area contributed by atoms with Crippen LogP contribution in [0.2, 0.25) is 5.02 Å². The van der Waals surface area contributed by atoms with E-state index in [1.54, 1.807) is 42.7 Å². The van der Waals surface area contributed by atoms with Crippen molar-refractivity contribution in [2.45, 2.75) is 18.4 Å². The Labute approximate surface area is 124 Å². The minimum absolute atomic E-state index is 0.209. The van der Waals surface area contributed by atoms with Gasteiger partial charge < -0.3 is 0 Å². The van der Waals surface area contributed by atoms with Gasteiger partial charge in [-0.15, -0.1) is 0 Å². The molecule has 0 saturated carbocycles. The summed E-state index contributed by atoms with van der Waals surface area (Å²) in [7, 11) is -3.54. The fraction of sp³-hybridized carbons (Fsp3) is 0.214. The Morgan fingerprint density at radius 2 is 1.90 bits per heavy atom. The summed E-state index contributed by atoms with van der Waals surface area (Å²) in [5.74, 6) is 0. The van der Waals surface area contributed by atoms with Crippen molar-refractivity contribution in [3.63, 3.8) is 0 Å². The van der Waals surface area contributed by atoms with Crippen molar-refractivity contribution >= 4 is 21.6 Å². The number of hydrogen-bond acceptors (Lipinski definition) is 3. The van der Waals surface area contributed by atoms with Gasteiger partial charge in [0.2, 0.25) is 10.0 Å². The van der Waals surface area contributed by atoms with Gasteiger partial charge in [-0.25, -0.2) is 8.42 Å². The van der Waals surface area contributed by atoms with E-state index in [4.69, 9.17) is 11.6 Å². The summed E-state index contributed by atoms with van der Waals surface area (Å²) in [6, 6.07) is 9.91. The molecule has 6 heteroatoms. The first-order valence-electron chi connectivity index (χ1n) is 6.18. The van der Waals surface area contributed by atoms with Gasteiger partial charge in [-0.05, 0) is 35.9 Å². The van der Waals surface area contributed by atoms with E-state index < -0.39 is 10.0 Å². The highest BCUT2D eigenvalue weighted by molar-refractivity contribution is 7.89. The molecule has 1 heterocycles. The van der Waals surface area contributed by atoms with Crippen LogP contribution >= 0.6 is 11.6 Å². The van der Waals surface area contributed by atoms with Crippen LogP contribution in [0.5, 0.6) is 0 Å². The maximum absolute atomic E-state index is 12.6. The molecule has 2 rings (SSSR count). The van der Waals surface area contributed by atoms with Crippen LogP contribution in [0.25, 0.3) is 0 Å². The number of halogens is 1. The molecular weight excluding hydrogens is 296 g/mol. The van der Waals surface area contributed by atoms with Crippen LogP contribution in [-0.2, 0) is 16.6 Å². The summed E-state index contributed by atoms with van der Waals surface area (Å²) >= 11 is 5.87. The van der Waals surface area contributed by atoms with Crippen molar-refractivity contribution in [3.05, 3.63) is 59.4 Å². The number of rotatable bonds is 5. The van der Waals surface area contributed by atoms with E-state index in [2.05, 4.69) is 4.98 Å². The number of aromatic nitrogens is 1. The number of benzene rings is 1. The lowest BCUT2D eigenvalue weighted by atomic mass is 10.3. The molecule has 0 fully saturated rings. The second-order valence-corrected chi connectivity index (χ2v) is 6.62. The van der Waals surface area contributed by atoms with E-state index in [1.807, 2.05) is 6.92 Å². The van der Waals surface area contributed by atoms with Crippen LogP contribution in [0.4, 0.5) is 0 Å². The van der Waals surface area contributed by atoms with Crippen molar-refractivity contribution in [2.24, 2.45) is 0 Å². The Kier molecular flexibility index (Phi) is 4.75. The first kappa shape index (κ1) is 15.0. The summed E-state index contributed by atoms with van der Waals surface area (Å²) in [6.45, 7) is 2.51. The van der Waals surface area contributed by atoms with Crippen LogP contribution < -0.4 is 0 Å². The molecule has 1 aromatic heterocycles. The molecule has 1 aromatic carbocycles. The Balaban J connectivity index is 2.31. The summed E-state index contributed by atoms with van der Waals surface area (Å²) in [6.07, 6.45) is 3.30. The maximum atomic E-state index is 12.6. The van der Waals surface area contributed by atoms with Gasteiger partial charge >= 0.3 is 0 Å². The highest BCUT2D eigenvalue weighted by Crippen LogP contribution is 2.21. The molecule has 2 aromatic rings. The zero-order valence-electron chi connectivity index (χ0n) is 11.0. The second kappa shape index (κ2) is 6.35. The zero-order valence-corrected chi connectivity index (χ0v) is 12.6. The molecule has 0 atom stereocenters. The molecule has 20 heavy (non-hydrogen) atoms. The number of hydrogen-bond donors (Lipinski definition) is 0. The standard InChI is InChI=1S/C14H15ClN2O2S/c1-2-17(11-12-6-8-16-9-7-12)20(18,19)14-5-3-4-13(15)10-14/h3-10H,2,11H2,1H3. The molecule has 0 aliphatic carbocycles. The normalized spacial score (nSPS) is 11.8. The monoisotopic (exact) mass is 310 g/mol. The Morgan fingerprint density at radius 3 is 2.50 bits per heavy atom. The van der Waals surface area contributed by atoms with Crippen LogP contribution in [0.1, 0.15) is 12.5 Å². The zero-order chi connectivity index (χ0) is 14.6. The van der Waals surface area contributed by atoms with Crippen LogP contribution in [0.15, 0.2) is 53.7 Å². The van der Waals surface area contributed by atoms with Crippen molar-refractivity contribution in [3.8, 4) is 0 Å². The molecule has 0 unspecified atom stereocenters. The largest absolute Gasteiger partial charge is 0.265 e. The Bertz CT molecular complexity index is 675. The lowest BCUT2D eigenvalue weighted by molar-refractivity contribution is 0.423. The molecule has 0 saturated heterocycles. The van der Waals surface area contributed by atoms with Gasteiger partial charge in [-0.3, -0.25) is 4.98 Å². The second-order valence-electron chi connectivity index (χ2n) is 4.24. The summed E-state index contributed by atoms with van der Waals surface area (Å²) < 4.78 is 26.6. The lowest BCUT2D eigenvalue weighted by Crippen LogP contribution is -2.30. The quantitative estimate of drug-likeness (QED) is 0.853. The van der Waals surface area contributed by atoms with Crippen LogP contribution in [0, 0.1) is 0 Å². The highest BCUT2D eigenvalue weighted by Gasteiger charge is 2.23. The average Bonchev–Trinajstić information content (AvgIpc) is 2.45. The molecule has 0 N–H and O–H groups in total. The van der Waals surface area contributed by atoms with Gasteiger partial charge in [0.05, 0.1) is 4.90 Å². The fourth-order valence-electron chi connectivity index (χ4n) is 1.84. The molecule has 0 bridgehead atoms. The third-order valence-corrected chi connectivity index (χ3v) is 5.05.